The van der Waals surface area contributed by atoms with Gasteiger partial charge in [-0.3, -0.25) is 0 Å². The fraction of sp³-hybridized carbons (Fsp3) is 0.200. The molecule has 0 aromatic heterocycles. The highest BCUT2D eigenvalue weighted by atomic mass is 19.1. The highest BCUT2D eigenvalue weighted by molar-refractivity contribution is 5.81. The SMILES string of the molecule is COc1c(F)cc(F)c(CC(NC(=O)OCC2c3ccccc3-c3ccccc32)C(=O)O)c1F. The normalized spacial score (nSPS) is 13.1. The molecule has 0 saturated carbocycles. The molecule has 176 valence electrons. The Hall–Kier alpha value is -4.01. The van der Waals surface area contributed by atoms with Gasteiger partial charge < -0.3 is 19.9 Å². The molecule has 4 rings (SSSR count). The number of halogens is 3. The van der Waals surface area contributed by atoms with Gasteiger partial charge in [0.05, 0.1) is 7.11 Å². The molecule has 34 heavy (non-hydrogen) atoms. The van der Waals surface area contributed by atoms with E-state index in [-0.39, 0.29) is 12.5 Å². The lowest BCUT2D eigenvalue weighted by Crippen LogP contribution is -2.43. The molecular weight excluding hydrogens is 451 g/mol. The van der Waals surface area contributed by atoms with Gasteiger partial charge in [0.25, 0.3) is 0 Å². The highest BCUT2D eigenvalue weighted by Crippen LogP contribution is 2.44. The molecule has 3 aromatic rings. The summed E-state index contributed by atoms with van der Waals surface area (Å²) in [7, 11) is 0.993. The van der Waals surface area contributed by atoms with Crippen LogP contribution in [0, 0.1) is 17.5 Å². The number of ether oxygens (including phenoxy) is 2. The van der Waals surface area contributed by atoms with Crippen LogP contribution >= 0.6 is 0 Å². The maximum Gasteiger partial charge on any atom is 0.407 e. The first-order chi connectivity index (χ1) is 16.3. The summed E-state index contributed by atoms with van der Waals surface area (Å²) in [5.41, 5.74) is 3.24. The Morgan fingerprint density at radius 1 is 1.00 bits per heavy atom. The van der Waals surface area contributed by atoms with E-state index in [0.29, 0.717) is 6.07 Å². The van der Waals surface area contributed by atoms with Crippen molar-refractivity contribution >= 4 is 12.1 Å². The molecule has 1 amide bonds. The van der Waals surface area contributed by atoms with Crippen LogP contribution in [0.25, 0.3) is 11.1 Å². The van der Waals surface area contributed by atoms with Crippen molar-refractivity contribution in [3.05, 3.63) is 88.7 Å². The van der Waals surface area contributed by atoms with Crippen LogP contribution in [0.4, 0.5) is 18.0 Å². The van der Waals surface area contributed by atoms with Gasteiger partial charge in [-0.15, -0.1) is 0 Å². The predicted octanol–water partition coefficient (Wildman–Crippen LogP) is 4.65. The van der Waals surface area contributed by atoms with Crippen molar-refractivity contribution in [1.82, 2.24) is 5.32 Å². The number of methoxy groups -OCH3 is 1. The molecule has 1 aliphatic rings. The van der Waals surface area contributed by atoms with E-state index < -0.39 is 53.3 Å². The lowest BCUT2D eigenvalue weighted by molar-refractivity contribution is -0.139. The summed E-state index contributed by atoms with van der Waals surface area (Å²) in [6.07, 6.45) is -1.85. The molecule has 1 unspecified atom stereocenters. The minimum absolute atomic E-state index is 0.0701. The van der Waals surface area contributed by atoms with Crippen molar-refractivity contribution in [3.63, 3.8) is 0 Å². The molecule has 0 heterocycles. The topological polar surface area (TPSA) is 84.9 Å². The van der Waals surface area contributed by atoms with Crippen molar-refractivity contribution in [2.75, 3.05) is 13.7 Å². The van der Waals surface area contributed by atoms with Gasteiger partial charge >= 0.3 is 12.1 Å². The second-order valence-electron chi connectivity index (χ2n) is 7.73. The molecule has 0 fully saturated rings. The van der Waals surface area contributed by atoms with E-state index in [4.69, 9.17) is 4.74 Å². The Bertz CT molecular complexity index is 1220. The zero-order chi connectivity index (χ0) is 24.4. The largest absolute Gasteiger partial charge is 0.491 e. The van der Waals surface area contributed by atoms with E-state index in [1.165, 1.54) is 0 Å². The third-order valence-corrected chi connectivity index (χ3v) is 5.77. The van der Waals surface area contributed by atoms with Crippen molar-refractivity contribution in [2.24, 2.45) is 0 Å². The standard InChI is InChI=1S/C25H20F3NO5/c1-33-23-20(27)11-19(26)17(22(23)28)10-21(24(30)31)29-25(32)34-12-18-15-8-4-2-6-13(15)14-7-3-5-9-16(14)18/h2-9,11,18,21H,10,12H2,1H3,(H,29,32)(H,30,31). The lowest BCUT2D eigenvalue weighted by Gasteiger charge is -2.18. The molecule has 3 aromatic carbocycles. The van der Waals surface area contributed by atoms with Crippen LogP contribution in [0.15, 0.2) is 54.6 Å². The quantitative estimate of drug-likeness (QED) is 0.524. The van der Waals surface area contributed by atoms with Crippen molar-refractivity contribution in [1.29, 1.82) is 0 Å². The van der Waals surface area contributed by atoms with Crippen molar-refractivity contribution < 1.29 is 37.3 Å². The summed E-state index contributed by atoms with van der Waals surface area (Å²) in [6, 6.07) is 14.0. The Kier molecular flexibility index (Phi) is 6.45. The first-order valence-corrected chi connectivity index (χ1v) is 10.4. The van der Waals surface area contributed by atoms with Gasteiger partial charge in [-0.1, -0.05) is 48.5 Å². The van der Waals surface area contributed by atoms with Crippen LogP contribution < -0.4 is 10.1 Å². The molecular formula is C25H20F3NO5. The number of hydrogen-bond donors (Lipinski definition) is 2. The maximum atomic E-state index is 14.4. The Morgan fingerprint density at radius 2 is 1.59 bits per heavy atom. The molecule has 2 N–H and O–H groups in total. The smallest absolute Gasteiger partial charge is 0.407 e. The fourth-order valence-corrected chi connectivity index (χ4v) is 4.17. The van der Waals surface area contributed by atoms with Gasteiger partial charge in [-0.25, -0.2) is 22.8 Å². The van der Waals surface area contributed by atoms with Gasteiger partial charge in [-0.2, -0.15) is 0 Å². The van der Waals surface area contributed by atoms with E-state index in [1.807, 2.05) is 48.5 Å². The van der Waals surface area contributed by atoms with Crippen LogP contribution in [0.1, 0.15) is 22.6 Å². The number of benzene rings is 3. The van der Waals surface area contributed by atoms with E-state index in [0.717, 1.165) is 29.4 Å². The number of hydrogen-bond acceptors (Lipinski definition) is 4. The van der Waals surface area contributed by atoms with Crippen LogP contribution in [0.3, 0.4) is 0 Å². The average Bonchev–Trinajstić information content (AvgIpc) is 3.13. The average molecular weight is 471 g/mol. The van der Waals surface area contributed by atoms with Crippen LogP contribution in [-0.4, -0.2) is 36.9 Å². The molecule has 0 spiro atoms. The number of carbonyl (C=O) groups excluding carboxylic acids is 1. The third kappa shape index (κ3) is 4.28. The van der Waals surface area contributed by atoms with Crippen LogP contribution in [0.2, 0.25) is 0 Å². The molecule has 1 atom stereocenters. The molecule has 0 saturated heterocycles. The lowest BCUT2D eigenvalue weighted by atomic mass is 9.98. The van der Waals surface area contributed by atoms with Crippen LogP contribution in [-0.2, 0) is 16.0 Å². The third-order valence-electron chi connectivity index (χ3n) is 5.77. The molecule has 9 heteroatoms. The number of rotatable bonds is 7. The van der Waals surface area contributed by atoms with E-state index in [1.54, 1.807) is 0 Å². The van der Waals surface area contributed by atoms with E-state index in [2.05, 4.69) is 10.1 Å². The molecule has 0 aliphatic heterocycles. The van der Waals surface area contributed by atoms with Gasteiger partial charge in [0, 0.05) is 24.0 Å². The zero-order valence-corrected chi connectivity index (χ0v) is 18.0. The van der Waals surface area contributed by atoms with Gasteiger partial charge in [-0.05, 0) is 22.3 Å². The second kappa shape index (κ2) is 9.46. The minimum atomic E-state index is -1.73. The van der Waals surface area contributed by atoms with Crippen molar-refractivity contribution in [3.8, 4) is 16.9 Å². The summed E-state index contributed by atoms with van der Waals surface area (Å²) in [4.78, 5) is 24.1. The molecule has 0 bridgehead atoms. The second-order valence-corrected chi connectivity index (χ2v) is 7.73. The monoisotopic (exact) mass is 471 g/mol. The minimum Gasteiger partial charge on any atom is -0.491 e. The Balaban J connectivity index is 1.48. The summed E-state index contributed by atoms with van der Waals surface area (Å²) >= 11 is 0. The summed E-state index contributed by atoms with van der Waals surface area (Å²) < 4.78 is 52.1. The fourth-order valence-electron chi connectivity index (χ4n) is 4.17. The number of amides is 1. The Morgan fingerprint density at radius 3 is 2.15 bits per heavy atom. The number of aliphatic carboxylic acids is 1. The number of carboxylic acids is 1. The summed E-state index contributed by atoms with van der Waals surface area (Å²) in [6.45, 7) is -0.0701. The first-order valence-electron chi connectivity index (χ1n) is 10.4. The van der Waals surface area contributed by atoms with Crippen LogP contribution in [0.5, 0.6) is 5.75 Å². The van der Waals surface area contributed by atoms with Gasteiger partial charge in [0.2, 0.25) is 0 Å². The number of alkyl carbamates (subject to hydrolysis) is 1. The first kappa shape index (κ1) is 23.2. The maximum absolute atomic E-state index is 14.4. The summed E-state index contributed by atoms with van der Waals surface area (Å²) in [5, 5.41) is 11.6. The van der Waals surface area contributed by atoms with E-state index in [9.17, 15) is 27.9 Å². The highest BCUT2D eigenvalue weighted by Gasteiger charge is 2.31. The molecule has 6 nitrogen and oxygen atoms in total. The number of nitrogens with one attached hydrogen (secondary N) is 1. The van der Waals surface area contributed by atoms with E-state index >= 15 is 0 Å². The number of carboxylic acid groups (broad SMARTS) is 1. The molecule has 1 aliphatic carbocycles. The number of fused-ring (bicyclic) bond motifs is 3. The summed E-state index contributed by atoms with van der Waals surface area (Å²) in [5.74, 6) is -6.58. The zero-order valence-electron chi connectivity index (χ0n) is 18.0. The molecule has 0 radical (unpaired) electrons. The van der Waals surface area contributed by atoms with Gasteiger partial charge in [0.15, 0.2) is 17.4 Å². The Labute approximate surface area is 192 Å². The van der Waals surface area contributed by atoms with Crippen molar-refractivity contribution in [2.45, 2.75) is 18.4 Å². The number of carbonyl (C=O) groups is 2. The van der Waals surface area contributed by atoms with Gasteiger partial charge in [0.1, 0.15) is 18.5 Å². The predicted molar refractivity (Wildman–Crippen MR) is 116 cm³/mol.